The van der Waals surface area contributed by atoms with Crippen LogP contribution in [0.1, 0.15) is 78.7 Å². The average Bonchev–Trinajstić information content (AvgIpc) is 3.26. The summed E-state index contributed by atoms with van der Waals surface area (Å²) >= 11 is 0. The van der Waals surface area contributed by atoms with Gasteiger partial charge in [-0.3, -0.25) is 4.79 Å². The van der Waals surface area contributed by atoms with E-state index in [0.717, 1.165) is 64.5 Å². The molecule has 0 saturated heterocycles. The number of benzene rings is 2. The molecule has 1 aliphatic heterocycles. The van der Waals surface area contributed by atoms with Gasteiger partial charge in [0.05, 0.1) is 17.9 Å². The number of fused-ring (bicyclic) bond motifs is 5. The molecule has 2 heterocycles. The maximum Gasteiger partial charge on any atom is 0.224 e. The van der Waals surface area contributed by atoms with Gasteiger partial charge in [-0.1, -0.05) is 101 Å². The van der Waals surface area contributed by atoms with E-state index in [9.17, 15) is 4.79 Å². The predicted octanol–water partition coefficient (Wildman–Crippen LogP) is 7.75. The lowest BCUT2D eigenvalue weighted by Gasteiger charge is -2.27. The molecular formula is C31H42N4O. The molecule has 2 unspecified atom stereocenters. The monoisotopic (exact) mass is 486 g/mol. The Labute approximate surface area is 216 Å². The highest BCUT2D eigenvalue weighted by atomic mass is 16.2. The number of hydrogen-bond donors (Lipinski definition) is 0. The summed E-state index contributed by atoms with van der Waals surface area (Å²) < 4.78 is 2.10. The number of unbranched alkanes of at least 4 members (excludes halogenated alkanes) is 1. The van der Waals surface area contributed by atoms with Crippen LogP contribution in [0.25, 0.3) is 22.5 Å². The number of rotatable bonds is 10. The number of aromatic nitrogens is 3. The number of para-hydroxylation sites is 1. The summed E-state index contributed by atoms with van der Waals surface area (Å²) in [5.41, 5.74) is 6.03. The molecule has 0 N–H and O–H groups in total. The maximum atomic E-state index is 12.6. The Bertz CT molecular complexity index is 1160. The fraction of sp³-hybridized carbons (Fsp3) is 0.516. The van der Waals surface area contributed by atoms with Crippen molar-refractivity contribution < 1.29 is 4.79 Å². The van der Waals surface area contributed by atoms with Crippen LogP contribution >= 0.6 is 0 Å². The molecule has 0 fully saturated rings. The van der Waals surface area contributed by atoms with Gasteiger partial charge in [-0.25, -0.2) is 4.68 Å². The lowest BCUT2D eigenvalue weighted by Crippen LogP contribution is -2.29. The standard InChI is InChI=1S/C31H42N4O/c1-6-13-23(4)20-25(22(2)3)14-11-12-19-35-31-27-16-8-7-15-26(27)21-34(24(5)36)29-18-10-9-17-28(29)30(31)32-33-35/h7-10,15-18,22-23,25H,6,11-14,19-21H2,1-5H3. The molecule has 5 heteroatoms. The molecular weight excluding hydrogens is 444 g/mol. The highest BCUT2D eigenvalue weighted by Gasteiger charge is 2.27. The number of hydrogen-bond acceptors (Lipinski definition) is 3. The zero-order valence-corrected chi connectivity index (χ0v) is 22.7. The van der Waals surface area contributed by atoms with Gasteiger partial charge in [0.25, 0.3) is 0 Å². The van der Waals surface area contributed by atoms with Gasteiger partial charge in [-0.2, -0.15) is 0 Å². The maximum absolute atomic E-state index is 12.6. The first-order valence-electron chi connectivity index (χ1n) is 13.8. The molecule has 1 amide bonds. The third-order valence-corrected chi connectivity index (χ3v) is 7.79. The smallest absolute Gasteiger partial charge is 0.224 e. The summed E-state index contributed by atoms with van der Waals surface area (Å²) in [6.07, 6.45) is 7.50. The number of carbonyl (C=O) groups excluding carboxylic acids is 1. The normalized spacial score (nSPS) is 14.4. The van der Waals surface area contributed by atoms with Crippen molar-refractivity contribution in [3.63, 3.8) is 0 Å². The van der Waals surface area contributed by atoms with Crippen molar-refractivity contribution in [2.75, 3.05) is 4.90 Å². The first kappa shape index (κ1) is 26.1. The first-order valence-corrected chi connectivity index (χ1v) is 13.8. The van der Waals surface area contributed by atoms with E-state index in [-0.39, 0.29) is 5.91 Å². The lowest BCUT2D eigenvalue weighted by atomic mass is 9.82. The van der Waals surface area contributed by atoms with Gasteiger partial charge in [0.15, 0.2) is 0 Å². The summed E-state index contributed by atoms with van der Waals surface area (Å²) in [5.74, 6) is 2.35. The highest BCUT2D eigenvalue weighted by molar-refractivity contribution is 5.99. The van der Waals surface area contributed by atoms with E-state index in [1.54, 1.807) is 6.92 Å². The van der Waals surface area contributed by atoms with Crippen LogP contribution in [0.5, 0.6) is 0 Å². The van der Waals surface area contributed by atoms with Gasteiger partial charge in [0.2, 0.25) is 5.91 Å². The fourth-order valence-electron chi connectivity index (χ4n) is 5.77. The minimum Gasteiger partial charge on any atom is -0.308 e. The predicted molar refractivity (Wildman–Crippen MR) is 149 cm³/mol. The Balaban J connectivity index is 1.59. The second-order valence-electron chi connectivity index (χ2n) is 10.9. The molecule has 1 aromatic heterocycles. The van der Waals surface area contributed by atoms with Gasteiger partial charge < -0.3 is 4.90 Å². The van der Waals surface area contributed by atoms with Crippen LogP contribution in [0.3, 0.4) is 0 Å². The minimum absolute atomic E-state index is 0.0288. The zero-order valence-electron chi connectivity index (χ0n) is 22.7. The van der Waals surface area contributed by atoms with Crippen LogP contribution in [0.2, 0.25) is 0 Å². The second kappa shape index (κ2) is 11.9. The largest absolute Gasteiger partial charge is 0.308 e. The van der Waals surface area contributed by atoms with Crippen LogP contribution in [0, 0.1) is 17.8 Å². The van der Waals surface area contributed by atoms with E-state index in [4.69, 9.17) is 0 Å². The van der Waals surface area contributed by atoms with E-state index in [2.05, 4.69) is 67.0 Å². The van der Waals surface area contributed by atoms with Crippen LogP contribution in [-0.2, 0) is 17.9 Å². The van der Waals surface area contributed by atoms with Crippen molar-refractivity contribution in [3.05, 3.63) is 54.1 Å². The quantitative estimate of drug-likeness (QED) is 0.275. The Kier molecular flexibility index (Phi) is 8.60. The van der Waals surface area contributed by atoms with E-state index in [1.807, 2.05) is 29.2 Å². The highest BCUT2D eigenvalue weighted by Crippen LogP contribution is 2.41. The Morgan fingerprint density at radius 3 is 2.42 bits per heavy atom. The van der Waals surface area contributed by atoms with Gasteiger partial charge in [0.1, 0.15) is 5.69 Å². The number of carbonyl (C=O) groups is 1. The molecule has 4 rings (SSSR count). The molecule has 36 heavy (non-hydrogen) atoms. The Hall–Kier alpha value is -2.95. The van der Waals surface area contributed by atoms with Crippen LogP contribution < -0.4 is 4.90 Å². The zero-order chi connectivity index (χ0) is 25.7. The molecule has 0 spiro atoms. The summed E-state index contributed by atoms with van der Waals surface area (Å²) in [6, 6.07) is 16.4. The summed E-state index contributed by atoms with van der Waals surface area (Å²) in [6.45, 7) is 12.5. The fourth-order valence-corrected chi connectivity index (χ4v) is 5.77. The molecule has 192 valence electrons. The van der Waals surface area contributed by atoms with E-state index < -0.39 is 0 Å². The summed E-state index contributed by atoms with van der Waals surface area (Å²) in [5, 5.41) is 9.31. The van der Waals surface area contributed by atoms with Crippen molar-refractivity contribution >= 4 is 11.6 Å². The van der Waals surface area contributed by atoms with Gasteiger partial charge in [0, 0.05) is 24.6 Å². The molecule has 2 aromatic carbocycles. The topological polar surface area (TPSA) is 51.0 Å². The van der Waals surface area contributed by atoms with Crippen LogP contribution in [-0.4, -0.2) is 20.9 Å². The number of nitrogens with zero attached hydrogens (tertiary/aromatic N) is 4. The van der Waals surface area contributed by atoms with Crippen molar-refractivity contribution in [1.29, 1.82) is 0 Å². The molecule has 3 aromatic rings. The van der Waals surface area contributed by atoms with Gasteiger partial charge >= 0.3 is 0 Å². The van der Waals surface area contributed by atoms with E-state index in [1.165, 1.54) is 32.1 Å². The van der Waals surface area contributed by atoms with Gasteiger partial charge in [-0.15, -0.1) is 5.10 Å². The molecule has 0 bridgehead atoms. The summed E-state index contributed by atoms with van der Waals surface area (Å²) in [7, 11) is 0. The Morgan fingerprint density at radius 2 is 1.69 bits per heavy atom. The third-order valence-electron chi connectivity index (χ3n) is 7.79. The average molecular weight is 487 g/mol. The molecule has 0 radical (unpaired) electrons. The first-order chi connectivity index (χ1) is 17.4. The SMILES string of the molecule is CCCC(C)CC(CCCCn1nnc2c1-c1ccccc1CN(C(C)=O)c1ccccc1-2)C(C)C. The molecule has 5 nitrogen and oxygen atoms in total. The minimum atomic E-state index is 0.0288. The summed E-state index contributed by atoms with van der Waals surface area (Å²) in [4.78, 5) is 14.5. The van der Waals surface area contributed by atoms with Crippen molar-refractivity contribution in [2.24, 2.45) is 17.8 Å². The Morgan fingerprint density at radius 1 is 0.972 bits per heavy atom. The van der Waals surface area contributed by atoms with Crippen LogP contribution in [0.15, 0.2) is 48.5 Å². The van der Waals surface area contributed by atoms with E-state index >= 15 is 0 Å². The van der Waals surface area contributed by atoms with E-state index in [0.29, 0.717) is 6.54 Å². The molecule has 2 atom stereocenters. The molecule has 0 saturated carbocycles. The molecule has 0 aliphatic carbocycles. The van der Waals surface area contributed by atoms with Crippen molar-refractivity contribution in [2.45, 2.75) is 86.2 Å². The third kappa shape index (κ3) is 5.71. The number of anilines is 1. The lowest BCUT2D eigenvalue weighted by molar-refractivity contribution is -0.116. The van der Waals surface area contributed by atoms with Crippen molar-refractivity contribution in [1.82, 2.24) is 15.0 Å². The van der Waals surface area contributed by atoms with Crippen LogP contribution in [0.4, 0.5) is 5.69 Å². The number of amides is 1. The molecule has 1 aliphatic rings. The number of aryl methyl sites for hydroxylation is 1. The van der Waals surface area contributed by atoms with Gasteiger partial charge in [-0.05, 0) is 42.2 Å². The second-order valence-corrected chi connectivity index (χ2v) is 10.9. The van der Waals surface area contributed by atoms with Crippen molar-refractivity contribution in [3.8, 4) is 22.5 Å².